The molecule has 0 saturated carbocycles. The maximum atomic E-state index is 5.72. The summed E-state index contributed by atoms with van der Waals surface area (Å²) in [7, 11) is 0. The van der Waals surface area contributed by atoms with Crippen LogP contribution in [0.1, 0.15) is 31.7 Å². The molecule has 3 heterocycles. The van der Waals surface area contributed by atoms with Crippen LogP contribution in [-0.4, -0.2) is 76.3 Å². The Hall–Kier alpha value is -1.90. The van der Waals surface area contributed by atoms with Crippen LogP contribution in [0.15, 0.2) is 23.3 Å². The third kappa shape index (κ3) is 7.45. The van der Waals surface area contributed by atoms with Crippen molar-refractivity contribution in [2.24, 2.45) is 4.99 Å². The Labute approximate surface area is 174 Å². The number of aliphatic imine (C=N–C) groups is 1. The molecule has 0 amide bonds. The molecule has 0 aromatic carbocycles. The molecule has 2 N–H and O–H groups in total. The number of pyridine rings is 1. The van der Waals surface area contributed by atoms with Gasteiger partial charge in [-0.2, -0.15) is 0 Å². The van der Waals surface area contributed by atoms with Crippen LogP contribution in [0.5, 0.6) is 0 Å². The van der Waals surface area contributed by atoms with Crippen LogP contribution in [0.2, 0.25) is 0 Å². The summed E-state index contributed by atoms with van der Waals surface area (Å²) in [6.07, 6.45) is 5.35. The first-order chi connectivity index (χ1) is 14.4. The van der Waals surface area contributed by atoms with Crippen LogP contribution in [0, 0.1) is 0 Å². The lowest BCUT2D eigenvalue weighted by molar-refractivity contribution is 0.0168. The fraction of sp³-hybridized carbons (Fsp3) is 0.714. The van der Waals surface area contributed by atoms with Gasteiger partial charge in [-0.15, -0.1) is 0 Å². The maximum absolute atomic E-state index is 5.72. The van der Waals surface area contributed by atoms with Gasteiger partial charge >= 0.3 is 0 Å². The number of ether oxygens (including phenoxy) is 3. The Kier molecular flexibility index (Phi) is 9.49. The summed E-state index contributed by atoms with van der Waals surface area (Å²) in [5.74, 6) is 1.83. The van der Waals surface area contributed by atoms with Crippen molar-refractivity contribution in [3.05, 3.63) is 23.9 Å². The van der Waals surface area contributed by atoms with Crippen molar-refractivity contribution in [1.82, 2.24) is 15.6 Å². The fourth-order valence-corrected chi connectivity index (χ4v) is 3.49. The molecular formula is C21H35N5O3. The van der Waals surface area contributed by atoms with Crippen molar-refractivity contribution < 1.29 is 14.2 Å². The number of aromatic nitrogens is 1. The molecule has 0 spiro atoms. The molecule has 0 bridgehead atoms. The summed E-state index contributed by atoms with van der Waals surface area (Å²) in [6, 6.07) is 4.07. The molecule has 2 saturated heterocycles. The Morgan fingerprint density at radius 1 is 1.31 bits per heavy atom. The molecule has 8 nitrogen and oxygen atoms in total. The quantitative estimate of drug-likeness (QED) is 0.347. The van der Waals surface area contributed by atoms with Gasteiger partial charge < -0.3 is 29.7 Å². The SMILES string of the molecule is CCNC(=NCc1cccnc1N1CCOCC1)NCCCOCC1CCCO1. The van der Waals surface area contributed by atoms with E-state index in [2.05, 4.69) is 33.5 Å². The van der Waals surface area contributed by atoms with Gasteiger partial charge in [0.15, 0.2) is 5.96 Å². The van der Waals surface area contributed by atoms with Gasteiger partial charge in [-0.1, -0.05) is 6.07 Å². The lowest BCUT2D eigenvalue weighted by Gasteiger charge is -2.29. The first kappa shape index (κ1) is 21.8. The second-order valence-corrected chi connectivity index (χ2v) is 7.27. The largest absolute Gasteiger partial charge is 0.379 e. The smallest absolute Gasteiger partial charge is 0.191 e. The normalized spacial score (nSPS) is 20.1. The predicted octanol–water partition coefficient (Wildman–Crippen LogP) is 1.56. The zero-order chi connectivity index (χ0) is 20.2. The fourth-order valence-electron chi connectivity index (χ4n) is 3.49. The number of guanidine groups is 1. The number of hydrogen-bond donors (Lipinski definition) is 2. The van der Waals surface area contributed by atoms with Crippen molar-refractivity contribution >= 4 is 11.8 Å². The Balaban J connectivity index is 1.43. The van der Waals surface area contributed by atoms with Crippen LogP contribution in [0.3, 0.4) is 0 Å². The van der Waals surface area contributed by atoms with E-state index in [1.165, 1.54) is 0 Å². The highest BCUT2D eigenvalue weighted by Gasteiger charge is 2.16. The topological polar surface area (TPSA) is 80.2 Å². The summed E-state index contributed by atoms with van der Waals surface area (Å²) >= 11 is 0. The van der Waals surface area contributed by atoms with E-state index in [1.54, 1.807) is 0 Å². The molecule has 162 valence electrons. The summed E-state index contributed by atoms with van der Waals surface area (Å²) in [6.45, 7) is 9.87. The number of morpholine rings is 1. The van der Waals surface area contributed by atoms with E-state index in [9.17, 15) is 0 Å². The Bertz CT molecular complexity index is 616. The summed E-state index contributed by atoms with van der Waals surface area (Å²) in [5, 5.41) is 6.70. The van der Waals surface area contributed by atoms with Gasteiger partial charge in [-0.3, -0.25) is 0 Å². The van der Waals surface area contributed by atoms with E-state index in [-0.39, 0.29) is 0 Å². The molecule has 8 heteroatoms. The minimum atomic E-state index is 0.294. The van der Waals surface area contributed by atoms with Crippen LogP contribution < -0.4 is 15.5 Å². The van der Waals surface area contributed by atoms with E-state index in [4.69, 9.17) is 19.2 Å². The van der Waals surface area contributed by atoms with Crippen molar-refractivity contribution in [3.63, 3.8) is 0 Å². The number of nitrogens with one attached hydrogen (secondary N) is 2. The van der Waals surface area contributed by atoms with E-state index >= 15 is 0 Å². The molecule has 2 fully saturated rings. The summed E-state index contributed by atoms with van der Waals surface area (Å²) in [4.78, 5) is 11.6. The van der Waals surface area contributed by atoms with Crippen LogP contribution in [0.25, 0.3) is 0 Å². The maximum Gasteiger partial charge on any atom is 0.191 e. The molecular weight excluding hydrogens is 370 g/mol. The van der Waals surface area contributed by atoms with Gasteiger partial charge in [0.25, 0.3) is 0 Å². The zero-order valence-corrected chi connectivity index (χ0v) is 17.6. The highest BCUT2D eigenvalue weighted by Crippen LogP contribution is 2.19. The lowest BCUT2D eigenvalue weighted by atomic mass is 10.2. The van der Waals surface area contributed by atoms with Crippen LogP contribution >= 0.6 is 0 Å². The standard InChI is InChI=1S/C21H35N5O3/c1-2-22-21(24-9-5-12-28-17-19-7-4-13-29-19)25-16-18-6-3-8-23-20(18)26-10-14-27-15-11-26/h3,6,8,19H,2,4-5,7,9-17H2,1H3,(H2,22,24,25). The van der Waals surface area contributed by atoms with Crippen molar-refractivity contribution in [2.45, 2.75) is 38.8 Å². The van der Waals surface area contributed by atoms with Gasteiger partial charge in [0.1, 0.15) is 5.82 Å². The van der Waals surface area contributed by atoms with Gasteiger partial charge in [0, 0.05) is 51.2 Å². The molecule has 3 rings (SSSR count). The van der Waals surface area contributed by atoms with E-state index < -0.39 is 0 Å². The number of hydrogen-bond acceptors (Lipinski definition) is 6. The van der Waals surface area contributed by atoms with E-state index in [0.717, 1.165) is 89.2 Å². The van der Waals surface area contributed by atoms with Crippen LogP contribution in [-0.2, 0) is 20.8 Å². The molecule has 29 heavy (non-hydrogen) atoms. The van der Waals surface area contributed by atoms with E-state index in [1.807, 2.05) is 12.3 Å². The highest BCUT2D eigenvalue weighted by atomic mass is 16.5. The summed E-state index contributed by atoms with van der Waals surface area (Å²) < 4.78 is 16.8. The zero-order valence-electron chi connectivity index (χ0n) is 17.6. The molecule has 1 aromatic rings. The third-order valence-corrected chi connectivity index (χ3v) is 5.02. The third-order valence-electron chi connectivity index (χ3n) is 5.02. The number of rotatable bonds is 10. The van der Waals surface area contributed by atoms with Crippen molar-refractivity contribution in [1.29, 1.82) is 0 Å². The van der Waals surface area contributed by atoms with Crippen LogP contribution in [0.4, 0.5) is 5.82 Å². The van der Waals surface area contributed by atoms with Gasteiger partial charge in [-0.05, 0) is 32.3 Å². The molecule has 0 aliphatic carbocycles. The van der Waals surface area contributed by atoms with Gasteiger partial charge in [0.05, 0.1) is 32.5 Å². The number of anilines is 1. The number of nitrogens with zero attached hydrogens (tertiary/aromatic N) is 3. The van der Waals surface area contributed by atoms with E-state index in [0.29, 0.717) is 19.3 Å². The Morgan fingerprint density at radius 3 is 3.00 bits per heavy atom. The Morgan fingerprint density at radius 2 is 2.21 bits per heavy atom. The molecule has 2 aliphatic heterocycles. The molecule has 2 aliphatic rings. The monoisotopic (exact) mass is 405 g/mol. The summed E-state index contributed by atoms with van der Waals surface area (Å²) in [5.41, 5.74) is 1.13. The average molecular weight is 406 g/mol. The second-order valence-electron chi connectivity index (χ2n) is 7.27. The first-order valence-electron chi connectivity index (χ1n) is 10.8. The van der Waals surface area contributed by atoms with Crippen molar-refractivity contribution in [3.8, 4) is 0 Å². The second kappa shape index (κ2) is 12.6. The minimum Gasteiger partial charge on any atom is -0.379 e. The minimum absolute atomic E-state index is 0.294. The average Bonchev–Trinajstić information content (AvgIpc) is 3.29. The molecule has 1 atom stereocenters. The van der Waals surface area contributed by atoms with Gasteiger partial charge in [-0.25, -0.2) is 9.98 Å². The van der Waals surface area contributed by atoms with Crippen molar-refractivity contribution in [2.75, 3.05) is 64.1 Å². The first-order valence-corrected chi connectivity index (χ1v) is 10.8. The lowest BCUT2D eigenvalue weighted by Crippen LogP contribution is -2.38. The molecule has 1 aromatic heterocycles. The molecule has 1 unspecified atom stereocenters. The molecule has 0 radical (unpaired) electrons. The highest BCUT2D eigenvalue weighted by molar-refractivity contribution is 5.79. The predicted molar refractivity (Wildman–Crippen MR) is 114 cm³/mol. The van der Waals surface area contributed by atoms with Gasteiger partial charge in [0.2, 0.25) is 0 Å².